The largest absolute Gasteiger partial charge is 0.367 e. The van der Waals surface area contributed by atoms with Crippen molar-refractivity contribution in [1.82, 2.24) is 9.97 Å². The summed E-state index contributed by atoms with van der Waals surface area (Å²) < 4.78 is 0. The number of fused-ring (bicyclic) bond motifs is 1. The molecule has 0 spiro atoms. The lowest BCUT2D eigenvalue weighted by molar-refractivity contribution is 0.691. The Balaban J connectivity index is 2.00. The van der Waals surface area contributed by atoms with Crippen molar-refractivity contribution in [2.24, 2.45) is 11.8 Å². The first-order chi connectivity index (χ1) is 9.21. The fourth-order valence-corrected chi connectivity index (χ4v) is 3.22. The first-order valence-corrected chi connectivity index (χ1v) is 7.56. The van der Waals surface area contributed by atoms with Gasteiger partial charge in [0.25, 0.3) is 0 Å². The van der Waals surface area contributed by atoms with Gasteiger partial charge in [-0.1, -0.05) is 6.92 Å². The van der Waals surface area contributed by atoms with Crippen molar-refractivity contribution in [1.29, 1.82) is 0 Å². The lowest BCUT2D eigenvalue weighted by Crippen LogP contribution is -2.19. The number of thiophene rings is 1. The molecular formula is C13H19N5S. The molecule has 1 fully saturated rings. The number of nitrogen functional groups attached to an aromatic ring is 1. The summed E-state index contributed by atoms with van der Waals surface area (Å²) in [5.74, 6) is 7.61. The minimum absolute atomic E-state index is 0.453. The Labute approximate surface area is 116 Å². The van der Waals surface area contributed by atoms with E-state index in [2.05, 4.69) is 40.6 Å². The lowest BCUT2D eigenvalue weighted by atomic mass is 10.2. The zero-order valence-electron chi connectivity index (χ0n) is 11.2. The molecule has 0 amide bonds. The maximum atomic E-state index is 5.45. The standard InChI is InChI=1S/C13H19N5S/c1-3-9-6-10-11(15-7(2)8-4-5-8)16-13(18-14)17-12(10)19-9/h6-8H,3-5,14H2,1-2H3,(H2,15,16,17,18). The van der Waals surface area contributed by atoms with Crippen LogP contribution in [0.1, 0.15) is 31.6 Å². The number of nitrogens with two attached hydrogens (primary N) is 1. The molecule has 1 aliphatic carbocycles. The average Bonchev–Trinajstić information content (AvgIpc) is 3.18. The zero-order valence-corrected chi connectivity index (χ0v) is 12.0. The Bertz CT molecular complexity index is 590. The molecule has 1 atom stereocenters. The SMILES string of the molecule is CCc1cc2c(NC(C)C3CC3)nc(NN)nc2s1. The van der Waals surface area contributed by atoms with Crippen LogP contribution in [0.4, 0.5) is 11.8 Å². The lowest BCUT2D eigenvalue weighted by Gasteiger charge is -2.14. The molecule has 0 saturated heterocycles. The van der Waals surface area contributed by atoms with E-state index >= 15 is 0 Å². The van der Waals surface area contributed by atoms with Crippen LogP contribution in [-0.2, 0) is 6.42 Å². The smallest absolute Gasteiger partial charge is 0.240 e. The molecule has 4 N–H and O–H groups in total. The van der Waals surface area contributed by atoms with Crippen molar-refractivity contribution >= 4 is 33.3 Å². The molecule has 1 aliphatic rings. The highest BCUT2D eigenvalue weighted by atomic mass is 32.1. The van der Waals surface area contributed by atoms with Crippen LogP contribution in [0.25, 0.3) is 10.2 Å². The molecule has 102 valence electrons. The maximum absolute atomic E-state index is 5.45. The number of nitrogens with zero attached hydrogens (tertiary/aromatic N) is 2. The summed E-state index contributed by atoms with van der Waals surface area (Å²) in [5, 5.41) is 4.62. The van der Waals surface area contributed by atoms with Gasteiger partial charge in [-0.2, -0.15) is 4.98 Å². The van der Waals surface area contributed by atoms with Gasteiger partial charge in [0.05, 0.1) is 5.39 Å². The number of hydrazine groups is 1. The van der Waals surface area contributed by atoms with Gasteiger partial charge in [-0.15, -0.1) is 11.3 Å². The van der Waals surface area contributed by atoms with E-state index in [1.807, 2.05) is 0 Å². The zero-order chi connectivity index (χ0) is 13.4. The monoisotopic (exact) mass is 277 g/mol. The van der Waals surface area contributed by atoms with Crippen molar-refractivity contribution in [3.05, 3.63) is 10.9 Å². The maximum Gasteiger partial charge on any atom is 0.240 e. The number of hydrogen-bond donors (Lipinski definition) is 3. The van der Waals surface area contributed by atoms with Crippen molar-refractivity contribution < 1.29 is 0 Å². The van der Waals surface area contributed by atoms with Crippen molar-refractivity contribution in [3.8, 4) is 0 Å². The van der Waals surface area contributed by atoms with Crippen LogP contribution in [0.3, 0.4) is 0 Å². The summed E-state index contributed by atoms with van der Waals surface area (Å²) >= 11 is 1.71. The van der Waals surface area contributed by atoms with E-state index in [9.17, 15) is 0 Å². The highest BCUT2D eigenvalue weighted by molar-refractivity contribution is 7.18. The fraction of sp³-hybridized carbons (Fsp3) is 0.538. The van der Waals surface area contributed by atoms with Gasteiger partial charge in [-0.05, 0) is 38.2 Å². The summed E-state index contributed by atoms with van der Waals surface area (Å²) in [4.78, 5) is 11.2. The predicted octanol–water partition coefficient (Wildman–Crippen LogP) is 2.75. The number of hydrogen-bond acceptors (Lipinski definition) is 6. The van der Waals surface area contributed by atoms with E-state index in [0.717, 1.165) is 28.4 Å². The number of nitrogens with one attached hydrogen (secondary N) is 2. The molecular weight excluding hydrogens is 258 g/mol. The van der Waals surface area contributed by atoms with Crippen LogP contribution in [0, 0.1) is 5.92 Å². The molecule has 0 aromatic carbocycles. The molecule has 0 bridgehead atoms. The van der Waals surface area contributed by atoms with Crippen LogP contribution in [-0.4, -0.2) is 16.0 Å². The molecule has 3 rings (SSSR count). The van der Waals surface area contributed by atoms with E-state index in [1.54, 1.807) is 11.3 Å². The number of anilines is 2. The Kier molecular flexibility index (Phi) is 3.28. The van der Waals surface area contributed by atoms with E-state index in [-0.39, 0.29) is 0 Å². The van der Waals surface area contributed by atoms with Crippen LogP contribution in [0.5, 0.6) is 0 Å². The number of rotatable bonds is 5. The van der Waals surface area contributed by atoms with Crippen molar-refractivity contribution in [2.45, 2.75) is 39.2 Å². The molecule has 1 unspecified atom stereocenters. The van der Waals surface area contributed by atoms with Gasteiger partial charge >= 0.3 is 0 Å². The van der Waals surface area contributed by atoms with Crippen molar-refractivity contribution in [3.63, 3.8) is 0 Å². The van der Waals surface area contributed by atoms with Crippen LogP contribution < -0.4 is 16.6 Å². The van der Waals surface area contributed by atoms with Gasteiger partial charge in [-0.25, -0.2) is 10.8 Å². The van der Waals surface area contributed by atoms with Gasteiger partial charge in [0.15, 0.2) is 0 Å². The molecule has 2 aromatic heterocycles. The molecule has 2 aromatic rings. The van der Waals surface area contributed by atoms with E-state index in [4.69, 9.17) is 5.84 Å². The third kappa shape index (κ3) is 2.50. The number of aryl methyl sites for hydroxylation is 1. The van der Waals surface area contributed by atoms with Gasteiger partial charge in [0.2, 0.25) is 5.95 Å². The summed E-state index contributed by atoms with van der Waals surface area (Å²) in [6.07, 6.45) is 3.65. The molecule has 6 heteroatoms. The highest BCUT2D eigenvalue weighted by Gasteiger charge is 2.28. The average molecular weight is 277 g/mol. The Morgan fingerprint density at radius 2 is 2.26 bits per heavy atom. The number of aromatic nitrogens is 2. The van der Waals surface area contributed by atoms with Gasteiger partial charge in [-0.3, -0.25) is 5.43 Å². The van der Waals surface area contributed by atoms with Crippen LogP contribution in [0.2, 0.25) is 0 Å². The molecule has 2 heterocycles. The third-order valence-corrected chi connectivity index (χ3v) is 4.79. The summed E-state index contributed by atoms with van der Waals surface area (Å²) in [5.41, 5.74) is 2.55. The molecule has 0 aliphatic heterocycles. The van der Waals surface area contributed by atoms with Crippen LogP contribution >= 0.6 is 11.3 Å². The quantitative estimate of drug-likeness (QED) is 0.579. The van der Waals surface area contributed by atoms with Gasteiger partial charge in [0.1, 0.15) is 10.6 Å². The van der Waals surface area contributed by atoms with E-state index in [0.29, 0.717) is 12.0 Å². The third-order valence-electron chi connectivity index (χ3n) is 3.61. The second kappa shape index (κ2) is 4.94. The molecule has 1 saturated carbocycles. The summed E-state index contributed by atoms with van der Waals surface area (Å²) in [6.45, 7) is 4.37. The molecule has 0 radical (unpaired) electrons. The van der Waals surface area contributed by atoms with Gasteiger partial charge in [0, 0.05) is 10.9 Å². The topological polar surface area (TPSA) is 75.9 Å². The fourth-order valence-electron chi connectivity index (χ4n) is 2.25. The van der Waals surface area contributed by atoms with Crippen molar-refractivity contribution in [2.75, 3.05) is 10.7 Å². The normalized spacial score (nSPS) is 16.6. The minimum Gasteiger partial charge on any atom is -0.367 e. The Hall–Kier alpha value is -1.40. The molecule has 19 heavy (non-hydrogen) atoms. The summed E-state index contributed by atoms with van der Waals surface area (Å²) in [7, 11) is 0. The highest BCUT2D eigenvalue weighted by Crippen LogP contribution is 2.36. The van der Waals surface area contributed by atoms with E-state index in [1.165, 1.54) is 17.7 Å². The van der Waals surface area contributed by atoms with E-state index < -0.39 is 0 Å². The molecule has 5 nitrogen and oxygen atoms in total. The summed E-state index contributed by atoms with van der Waals surface area (Å²) in [6, 6.07) is 2.64. The van der Waals surface area contributed by atoms with Crippen LogP contribution in [0.15, 0.2) is 6.07 Å². The predicted molar refractivity (Wildman–Crippen MR) is 80.4 cm³/mol. The Morgan fingerprint density at radius 3 is 2.89 bits per heavy atom. The first kappa shape index (κ1) is 12.6. The second-order valence-corrected chi connectivity index (χ2v) is 6.21. The van der Waals surface area contributed by atoms with Gasteiger partial charge < -0.3 is 5.32 Å². The second-order valence-electron chi connectivity index (χ2n) is 5.10. The minimum atomic E-state index is 0.453. The first-order valence-electron chi connectivity index (χ1n) is 6.75. The Morgan fingerprint density at radius 1 is 1.47 bits per heavy atom.